The molecule has 0 saturated carbocycles. The van der Waals surface area contributed by atoms with Crippen LogP contribution in [0.5, 0.6) is 0 Å². The van der Waals surface area contributed by atoms with Crippen LogP contribution < -0.4 is 10.6 Å². The molecule has 15 heavy (non-hydrogen) atoms. The normalized spacial score (nSPS) is 20.8. The fraction of sp³-hybridized carbons (Fsp3) is 0.400. The number of hydrogen-bond acceptors (Lipinski definition) is 2. The molecule has 1 fully saturated rings. The Hall–Kier alpha value is 0.01000. The van der Waals surface area contributed by atoms with Crippen LogP contribution in [0, 0.1) is 0 Å². The van der Waals surface area contributed by atoms with Crippen LogP contribution in [0.1, 0.15) is 11.6 Å². The maximum atomic E-state index is 5.94. The first-order valence-corrected chi connectivity index (χ1v) is 5.41. The highest BCUT2D eigenvalue weighted by Gasteiger charge is 2.14. The first-order chi connectivity index (χ1) is 6.75. The molecule has 1 aliphatic heterocycles. The molecule has 1 saturated heterocycles. The maximum absolute atomic E-state index is 5.94. The molecular formula is C10H13Cl3N2. The van der Waals surface area contributed by atoms with Crippen molar-refractivity contribution in [2.24, 2.45) is 0 Å². The molecule has 2 N–H and O–H groups in total. The molecule has 0 unspecified atom stereocenters. The molecule has 0 aliphatic carbocycles. The van der Waals surface area contributed by atoms with Gasteiger partial charge in [0, 0.05) is 35.7 Å². The Morgan fingerprint density at radius 1 is 1.07 bits per heavy atom. The minimum absolute atomic E-state index is 0. The van der Waals surface area contributed by atoms with Gasteiger partial charge in [-0.05, 0) is 23.8 Å². The van der Waals surface area contributed by atoms with Crippen molar-refractivity contribution in [2.45, 2.75) is 6.04 Å². The largest absolute Gasteiger partial charge is 0.314 e. The zero-order valence-electron chi connectivity index (χ0n) is 8.09. The number of piperazine rings is 1. The molecule has 1 atom stereocenters. The fourth-order valence-corrected chi connectivity index (χ4v) is 2.21. The first-order valence-electron chi connectivity index (χ1n) is 4.66. The van der Waals surface area contributed by atoms with Gasteiger partial charge in [-0.1, -0.05) is 23.2 Å². The van der Waals surface area contributed by atoms with Crippen LogP contribution >= 0.6 is 35.6 Å². The summed E-state index contributed by atoms with van der Waals surface area (Å²) in [5.41, 5.74) is 1.15. The number of rotatable bonds is 1. The third-order valence-corrected chi connectivity index (χ3v) is 2.76. The highest BCUT2D eigenvalue weighted by atomic mass is 35.5. The third-order valence-electron chi connectivity index (χ3n) is 2.33. The summed E-state index contributed by atoms with van der Waals surface area (Å²) in [6.07, 6.45) is 0. The fourth-order valence-electron chi connectivity index (χ4n) is 1.67. The maximum Gasteiger partial charge on any atom is 0.0448 e. The van der Waals surface area contributed by atoms with Crippen LogP contribution in [0.15, 0.2) is 18.2 Å². The minimum atomic E-state index is 0. The number of benzene rings is 1. The lowest BCUT2D eigenvalue weighted by Crippen LogP contribution is -2.42. The quantitative estimate of drug-likeness (QED) is 0.817. The molecule has 84 valence electrons. The van der Waals surface area contributed by atoms with Gasteiger partial charge in [-0.25, -0.2) is 0 Å². The molecule has 1 aliphatic rings. The molecule has 1 heterocycles. The molecule has 1 aromatic rings. The molecule has 2 nitrogen and oxygen atoms in total. The lowest BCUT2D eigenvalue weighted by molar-refractivity contribution is 0.430. The van der Waals surface area contributed by atoms with E-state index in [-0.39, 0.29) is 12.4 Å². The predicted octanol–water partition coefficient (Wildman–Crippen LogP) is 2.65. The Kier molecular flexibility index (Phi) is 5.16. The van der Waals surface area contributed by atoms with Crippen molar-refractivity contribution >= 4 is 35.6 Å². The molecule has 1 aromatic carbocycles. The van der Waals surface area contributed by atoms with Crippen LogP contribution in [0.3, 0.4) is 0 Å². The Morgan fingerprint density at radius 3 is 2.27 bits per heavy atom. The third kappa shape index (κ3) is 3.51. The van der Waals surface area contributed by atoms with E-state index in [2.05, 4.69) is 10.6 Å². The van der Waals surface area contributed by atoms with Crippen LogP contribution in [0.2, 0.25) is 10.0 Å². The van der Waals surface area contributed by atoms with E-state index in [9.17, 15) is 0 Å². The van der Waals surface area contributed by atoms with Gasteiger partial charge in [-0.2, -0.15) is 0 Å². The van der Waals surface area contributed by atoms with Gasteiger partial charge in [0.05, 0.1) is 0 Å². The van der Waals surface area contributed by atoms with Crippen molar-refractivity contribution in [3.05, 3.63) is 33.8 Å². The van der Waals surface area contributed by atoms with Gasteiger partial charge in [0.2, 0.25) is 0 Å². The van der Waals surface area contributed by atoms with Crippen molar-refractivity contribution in [2.75, 3.05) is 19.6 Å². The van der Waals surface area contributed by atoms with E-state index < -0.39 is 0 Å². The van der Waals surface area contributed by atoms with E-state index in [1.807, 2.05) is 12.1 Å². The van der Waals surface area contributed by atoms with Gasteiger partial charge < -0.3 is 10.6 Å². The van der Waals surface area contributed by atoms with E-state index in [1.165, 1.54) is 0 Å². The Bertz CT molecular complexity index is 304. The summed E-state index contributed by atoms with van der Waals surface area (Å²) in [5, 5.41) is 8.12. The Labute approximate surface area is 106 Å². The molecule has 0 aromatic heterocycles. The van der Waals surface area contributed by atoms with Crippen molar-refractivity contribution in [1.82, 2.24) is 10.6 Å². The van der Waals surface area contributed by atoms with Crippen molar-refractivity contribution in [3.8, 4) is 0 Å². The monoisotopic (exact) mass is 266 g/mol. The number of hydrogen-bond donors (Lipinski definition) is 2. The summed E-state index contributed by atoms with van der Waals surface area (Å²) in [5.74, 6) is 0. The van der Waals surface area contributed by atoms with Crippen LogP contribution in [-0.4, -0.2) is 19.6 Å². The van der Waals surface area contributed by atoms with Crippen molar-refractivity contribution in [3.63, 3.8) is 0 Å². The predicted molar refractivity (Wildman–Crippen MR) is 67.3 cm³/mol. The van der Waals surface area contributed by atoms with Gasteiger partial charge >= 0.3 is 0 Å². The summed E-state index contributed by atoms with van der Waals surface area (Å²) >= 11 is 11.9. The van der Waals surface area contributed by atoms with Crippen molar-refractivity contribution in [1.29, 1.82) is 0 Å². The van der Waals surface area contributed by atoms with Crippen molar-refractivity contribution < 1.29 is 0 Å². The highest BCUT2D eigenvalue weighted by Crippen LogP contribution is 2.23. The summed E-state index contributed by atoms with van der Waals surface area (Å²) in [6, 6.07) is 5.99. The highest BCUT2D eigenvalue weighted by molar-refractivity contribution is 6.34. The zero-order chi connectivity index (χ0) is 9.97. The van der Waals surface area contributed by atoms with Crippen LogP contribution in [-0.2, 0) is 0 Å². The molecular weight excluding hydrogens is 254 g/mol. The van der Waals surface area contributed by atoms with E-state index in [0.29, 0.717) is 16.1 Å². The summed E-state index contributed by atoms with van der Waals surface area (Å²) < 4.78 is 0. The molecule has 5 heteroatoms. The van der Waals surface area contributed by atoms with Crippen LogP contribution in [0.4, 0.5) is 0 Å². The Balaban J connectivity index is 0.00000112. The standard InChI is InChI=1S/C10H12Cl2N2.ClH/c11-8-3-7(4-9(12)5-8)10-6-13-1-2-14-10;/h3-5,10,13-14H,1-2,6H2;1H/t10-;/m1./s1. The molecule has 0 bridgehead atoms. The second-order valence-electron chi connectivity index (χ2n) is 3.41. The first kappa shape index (κ1) is 13.1. The minimum Gasteiger partial charge on any atom is -0.314 e. The molecule has 0 amide bonds. The Morgan fingerprint density at radius 2 is 1.73 bits per heavy atom. The second kappa shape index (κ2) is 5.92. The lowest BCUT2D eigenvalue weighted by Gasteiger charge is -2.25. The van der Waals surface area contributed by atoms with Crippen LogP contribution in [0.25, 0.3) is 0 Å². The SMILES string of the molecule is Cl.Clc1cc(Cl)cc([C@H]2CNCCN2)c1. The molecule has 0 radical (unpaired) electrons. The topological polar surface area (TPSA) is 24.1 Å². The zero-order valence-corrected chi connectivity index (χ0v) is 10.4. The average molecular weight is 268 g/mol. The van der Waals surface area contributed by atoms with Gasteiger partial charge in [0.25, 0.3) is 0 Å². The number of halogens is 3. The van der Waals surface area contributed by atoms with E-state index in [4.69, 9.17) is 23.2 Å². The lowest BCUT2D eigenvalue weighted by atomic mass is 10.1. The van der Waals surface area contributed by atoms with Gasteiger partial charge in [-0.15, -0.1) is 12.4 Å². The van der Waals surface area contributed by atoms with E-state index in [1.54, 1.807) is 6.07 Å². The van der Waals surface area contributed by atoms with Gasteiger partial charge in [0.15, 0.2) is 0 Å². The van der Waals surface area contributed by atoms with Gasteiger partial charge in [-0.3, -0.25) is 0 Å². The second-order valence-corrected chi connectivity index (χ2v) is 4.29. The smallest absolute Gasteiger partial charge is 0.0448 e. The molecule has 0 spiro atoms. The summed E-state index contributed by atoms with van der Waals surface area (Å²) in [7, 11) is 0. The van der Waals surface area contributed by atoms with Gasteiger partial charge in [0.1, 0.15) is 0 Å². The molecule has 2 rings (SSSR count). The van der Waals surface area contributed by atoms with E-state index >= 15 is 0 Å². The average Bonchev–Trinajstić information content (AvgIpc) is 2.18. The summed E-state index contributed by atoms with van der Waals surface area (Å²) in [4.78, 5) is 0. The van der Waals surface area contributed by atoms with E-state index in [0.717, 1.165) is 25.2 Å². The summed E-state index contributed by atoms with van der Waals surface area (Å²) in [6.45, 7) is 2.93. The number of nitrogens with one attached hydrogen (secondary N) is 2.